The van der Waals surface area contributed by atoms with E-state index in [0.29, 0.717) is 0 Å². The highest BCUT2D eigenvalue weighted by Gasteiger charge is 2.26. The summed E-state index contributed by atoms with van der Waals surface area (Å²) in [5, 5.41) is 2.50. The number of esters is 1. The van der Waals surface area contributed by atoms with Gasteiger partial charge in [-0.15, -0.1) is 11.3 Å². The number of aromatic nitrogens is 1. The van der Waals surface area contributed by atoms with Gasteiger partial charge >= 0.3 is 12.0 Å². The Labute approximate surface area is 126 Å². The molecular formula is C10H16N4O5S2. The topological polar surface area (TPSA) is 118 Å². The average molecular weight is 336 g/mol. The molecule has 21 heavy (non-hydrogen) atoms. The number of sulfonamides is 1. The first-order valence-electron chi connectivity index (χ1n) is 5.76. The van der Waals surface area contributed by atoms with Crippen LogP contribution >= 0.6 is 11.3 Å². The summed E-state index contributed by atoms with van der Waals surface area (Å²) in [6, 6.07) is -0.331. The Morgan fingerprint density at radius 2 is 2.05 bits per heavy atom. The van der Waals surface area contributed by atoms with Crippen molar-refractivity contribution < 1.29 is 22.7 Å². The number of carbonyl (C=O) groups is 2. The molecule has 0 aliphatic carbocycles. The highest BCUT2D eigenvalue weighted by Crippen LogP contribution is 2.20. The highest BCUT2D eigenvalue weighted by atomic mass is 32.2. The van der Waals surface area contributed by atoms with Crippen molar-refractivity contribution in [3.63, 3.8) is 0 Å². The Balaban J connectivity index is 2.65. The lowest BCUT2D eigenvalue weighted by Gasteiger charge is -2.12. The normalized spacial score (nSPS) is 11.0. The van der Waals surface area contributed by atoms with E-state index in [1.54, 1.807) is 14.1 Å². The van der Waals surface area contributed by atoms with E-state index in [1.807, 2.05) is 0 Å². The standard InChI is InChI=1S/C10H16N4O5S2/c1-14(2)10(16)11-4-5-13-21(17,18)9-7(8(15)19-3)12-6-20-9/h6,13H,4-5H2,1-3H3,(H,11,16). The second-order valence-electron chi connectivity index (χ2n) is 4.00. The summed E-state index contributed by atoms with van der Waals surface area (Å²) >= 11 is 0.811. The molecule has 0 unspecified atom stereocenters. The van der Waals surface area contributed by atoms with Crippen LogP contribution in [0.5, 0.6) is 0 Å². The van der Waals surface area contributed by atoms with Gasteiger partial charge < -0.3 is 15.0 Å². The number of nitrogens with zero attached hydrogens (tertiary/aromatic N) is 2. The number of rotatable bonds is 6. The first kappa shape index (κ1) is 17.3. The maximum absolute atomic E-state index is 12.0. The van der Waals surface area contributed by atoms with E-state index < -0.39 is 16.0 Å². The predicted molar refractivity (Wildman–Crippen MR) is 75.7 cm³/mol. The number of hydrogen-bond donors (Lipinski definition) is 2. The molecule has 0 aliphatic rings. The lowest BCUT2D eigenvalue weighted by Crippen LogP contribution is -2.39. The molecule has 0 aromatic carbocycles. The van der Waals surface area contributed by atoms with Crippen LogP contribution in [-0.2, 0) is 14.8 Å². The van der Waals surface area contributed by atoms with E-state index in [4.69, 9.17) is 0 Å². The molecule has 0 saturated heterocycles. The summed E-state index contributed by atoms with van der Waals surface area (Å²) in [6.07, 6.45) is 0. The Kier molecular flexibility index (Phi) is 6.05. The van der Waals surface area contributed by atoms with Crippen LogP contribution in [0, 0.1) is 0 Å². The molecule has 118 valence electrons. The van der Waals surface area contributed by atoms with Crippen LogP contribution in [0.15, 0.2) is 9.72 Å². The Morgan fingerprint density at radius 3 is 2.62 bits per heavy atom. The molecule has 1 rings (SSSR count). The van der Waals surface area contributed by atoms with Crippen molar-refractivity contribution in [2.45, 2.75) is 4.21 Å². The zero-order valence-corrected chi connectivity index (χ0v) is 13.4. The minimum Gasteiger partial charge on any atom is -0.464 e. The molecule has 0 aliphatic heterocycles. The van der Waals surface area contributed by atoms with Crippen molar-refractivity contribution in [1.29, 1.82) is 0 Å². The average Bonchev–Trinajstić information content (AvgIpc) is 2.92. The molecule has 0 atom stereocenters. The fourth-order valence-electron chi connectivity index (χ4n) is 1.24. The number of nitrogens with one attached hydrogen (secondary N) is 2. The zero-order chi connectivity index (χ0) is 16.0. The van der Waals surface area contributed by atoms with Gasteiger partial charge in [0.15, 0.2) is 9.90 Å². The third-order valence-corrected chi connectivity index (χ3v) is 5.09. The van der Waals surface area contributed by atoms with Gasteiger partial charge in [-0.2, -0.15) is 0 Å². The number of urea groups is 1. The monoisotopic (exact) mass is 336 g/mol. The number of carbonyl (C=O) groups excluding carboxylic acids is 2. The molecule has 1 aromatic heterocycles. The molecule has 2 N–H and O–H groups in total. The quantitative estimate of drug-likeness (QED) is 0.533. The number of hydrogen-bond acceptors (Lipinski definition) is 7. The van der Waals surface area contributed by atoms with E-state index in [9.17, 15) is 18.0 Å². The number of amides is 2. The molecule has 9 nitrogen and oxygen atoms in total. The van der Waals surface area contributed by atoms with Gasteiger partial charge in [0.1, 0.15) is 0 Å². The fourth-order valence-corrected chi connectivity index (χ4v) is 3.44. The van der Waals surface area contributed by atoms with Gasteiger partial charge in [0, 0.05) is 27.2 Å². The van der Waals surface area contributed by atoms with Crippen LogP contribution in [0.2, 0.25) is 0 Å². The van der Waals surface area contributed by atoms with Crippen molar-refractivity contribution in [3.8, 4) is 0 Å². The van der Waals surface area contributed by atoms with Crippen LogP contribution in [0.3, 0.4) is 0 Å². The maximum Gasteiger partial charge on any atom is 0.358 e. The van der Waals surface area contributed by atoms with E-state index in [2.05, 4.69) is 19.8 Å². The lowest BCUT2D eigenvalue weighted by molar-refractivity contribution is 0.0590. The van der Waals surface area contributed by atoms with Gasteiger partial charge in [-0.3, -0.25) is 0 Å². The molecular weight excluding hydrogens is 320 g/mol. The lowest BCUT2D eigenvalue weighted by atomic mass is 10.5. The third-order valence-electron chi connectivity index (χ3n) is 2.26. The van der Waals surface area contributed by atoms with Crippen molar-refractivity contribution in [3.05, 3.63) is 11.2 Å². The van der Waals surface area contributed by atoms with Gasteiger partial charge in [0.2, 0.25) is 0 Å². The van der Waals surface area contributed by atoms with E-state index in [0.717, 1.165) is 18.4 Å². The van der Waals surface area contributed by atoms with E-state index in [-0.39, 0.29) is 29.0 Å². The Hall–Kier alpha value is -1.72. The summed E-state index contributed by atoms with van der Waals surface area (Å²) in [5.74, 6) is -0.822. The molecule has 0 radical (unpaired) electrons. The van der Waals surface area contributed by atoms with Crippen LogP contribution in [0.1, 0.15) is 10.5 Å². The molecule has 11 heteroatoms. The Morgan fingerprint density at radius 1 is 1.38 bits per heavy atom. The molecule has 0 spiro atoms. The van der Waals surface area contributed by atoms with E-state index in [1.165, 1.54) is 10.4 Å². The van der Waals surface area contributed by atoms with Crippen LogP contribution in [0.4, 0.5) is 4.79 Å². The number of methoxy groups -OCH3 is 1. The minimum atomic E-state index is -3.88. The summed E-state index contributed by atoms with van der Waals surface area (Å²) in [7, 11) is 0.398. The molecule has 1 heterocycles. The van der Waals surface area contributed by atoms with Crippen molar-refractivity contribution in [2.75, 3.05) is 34.3 Å². The molecule has 0 bridgehead atoms. The SMILES string of the molecule is COC(=O)c1ncsc1S(=O)(=O)NCCNC(=O)N(C)C. The van der Waals surface area contributed by atoms with Gasteiger partial charge in [-0.25, -0.2) is 27.7 Å². The Bertz CT molecular complexity index is 611. The number of thiazole rings is 1. The van der Waals surface area contributed by atoms with Gasteiger partial charge in [0.25, 0.3) is 10.0 Å². The van der Waals surface area contributed by atoms with E-state index >= 15 is 0 Å². The first-order valence-corrected chi connectivity index (χ1v) is 8.12. The van der Waals surface area contributed by atoms with Crippen molar-refractivity contribution >= 4 is 33.4 Å². The summed E-state index contributed by atoms with van der Waals surface area (Å²) in [5.41, 5.74) is 0.988. The zero-order valence-electron chi connectivity index (χ0n) is 11.7. The smallest absolute Gasteiger partial charge is 0.358 e. The van der Waals surface area contributed by atoms with Gasteiger partial charge in [0.05, 0.1) is 12.6 Å². The number of ether oxygens (including phenoxy) is 1. The largest absolute Gasteiger partial charge is 0.464 e. The predicted octanol–water partition coefficient (Wildman–Crippen LogP) is -0.521. The first-order chi connectivity index (χ1) is 9.79. The fraction of sp³-hybridized carbons (Fsp3) is 0.500. The summed E-state index contributed by atoms with van der Waals surface area (Å²) in [6.45, 7) is 0.100. The maximum atomic E-state index is 12.0. The second kappa shape index (κ2) is 7.33. The van der Waals surface area contributed by atoms with Crippen LogP contribution in [0.25, 0.3) is 0 Å². The highest BCUT2D eigenvalue weighted by molar-refractivity contribution is 7.91. The molecule has 0 fully saturated rings. The van der Waals surface area contributed by atoms with Gasteiger partial charge in [-0.1, -0.05) is 0 Å². The van der Waals surface area contributed by atoms with Crippen molar-refractivity contribution in [2.24, 2.45) is 0 Å². The minimum absolute atomic E-state index is 0.0135. The van der Waals surface area contributed by atoms with Crippen LogP contribution in [-0.4, -0.2) is 64.6 Å². The summed E-state index contributed by atoms with van der Waals surface area (Å²) in [4.78, 5) is 27.7. The molecule has 0 saturated carbocycles. The molecule has 2 amide bonds. The second-order valence-corrected chi connectivity index (χ2v) is 6.82. The van der Waals surface area contributed by atoms with Crippen molar-refractivity contribution in [1.82, 2.24) is 19.9 Å². The molecule has 1 aromatic rings. The summed E-state index contributed by atoms with van der Waals surface area (Å²) < 4.78 is 30.6. The van der Waals surface area contributed by atoms with Crippen LogP contribution < -0.4 is 10.0 Å². The third kappa shape index (κ3) is 4.65. The van der Waals surface area contributed by atoms with Gasteiger partial charge in [-0.05, 0) is 0 Å².